The van der Waals surface area contributed by atoms with Crippen LogP contribution in [0.3, 0.4) is 0 Å². The molecule has 0 radical (unpaired) electrons. The van der Waals surface area contributed by atoms with Crippen LogP contribution in [0.15, 0.2) is 0 Å². The zero-order chi connectivity index (χ0) is 10.8. The highest BCUT2D eigenvalue weighted by Crippen LogP contribution is 1.99. The summed E-state index contributed by atoms with van der Waals surface area (Å²) in [5, 5.41) is 11.0. The average Bonchev–Trinajstić information content (AvgIpc) is 2.21. The van der Waals surface area contributed by atoms with Gasteiger partial charge in [0.05, 0.1) is 12.2 Å². The summed E-state index contributed by atoms with van der Waals surface area (Å²) in [6.07, 6.45) is 2.57. The molecule has 0 fully saturated rings. The molecule has 4 nitrogen and oxygen atoms in total. The average molecular weight is 198 g/mol. The second-order valence-corrected chi connectivity index (χ2v) is 3.20. The second-order valence-electron chi connectivity index (χ2n) is 3.20. The lowest BCUT2D eigenvalue weighted by Gasteiger charge is -2.08. The van der Waals surface area contributed by atoms with Crippen LogP contribution in [0, 0.1) is 11.3 Å². The minimum atomic E-state index is 0.0341. The Morgan fingerprint density at radius 3 is 2.93 bits per heavy atom. The number of nitrogens with zero attached hydrogens (tertiary/aromatic N) is 1. The van der Waals surface area contributed by atoms with Crippen LogP contribution in [0.1, 0.15) is 32.6 Å². The molecule has 1 atom stereocenters. The topological polar surface area (TPSA) is 62.1 Å². The summed E-state index contributed by atoms with van der Waals surface area (Å²) in [6, 6.07) is 2.03. The molecule has 0 aromatic rings. The van der Waals surface area contributed by atoms with Gasteiger partial charge in [-0.1, -0.05) is 0 Å². The number of ether oxygens (including phenoxy) is 1. The molecule has 0 aliphatic rings. The van der Waals surface area contributed by atoms with Crippen molar-refractivity contribution in [2.45, 2.75) is 38.7 Å². The summed E-state index contributed by atoms with van der Waals surface area (Å²) in [7, 11) is 1.63. The van der Waals surface area contributed by atoms with Crippen molar-refractivity contribution < 1.29 is 9.53 Å². The maximum Gasteiger partial charge on any atom is 0.220 e. The predicted molar refractivity (Wildman–Crippen MR) is 53.6 cm³/mol. The fourth-order valence-electron chi connectivity index (χ4n) is 0.936. The zero-order valence-electron chi connectivity index (χ0n) is 8.88. The number of rotatable bonds is 7. The Balaban J connectivity index is 3.33. The molecule has 80 valence electrons. The van der Waals surface area contributed by atoms with Crippen molar-refractivity contribution in [1.29, 1.82) is 5.26 Å². The first-order valence-corrected chi connectivity index (χ1v) is 4.87. The van der Waals surface area contributed by atoms with Crippen molar-refractivity contribution in [2.24, 2.45) is 0 Å². The van der Waals surface area contributed by atoms with Crippen LogP contribution in [-0.2, 0) is 9.53 Å². The summed E-state index contributed by atoms with van der Waals surface area (Å²) >= 11 is 0. The highest BCUT2D eigenvalue weighted by molar-refractivity contribution is 5.75. The number of methoxy groups -OCH3 is 1. The number of unbranched alkanes of at least 4 members (excludes halogenated alkanes) is 1. The summed E-state index contributed by atoms with van der Waals surface area (Å²) in [4.78, 5) is 11.2. The van der Waals surface area contributed by atoms with E-state index in [4.69, 9.17) is 10.00 Å². The largest absolute Gasteiger partial charge is 0.382 e. The number of hydrogen-bond acceptors (Lipinski definition) is 3. The third kappa shape index (κ3) is 7.56. The van der Waals surface area contributed by atoms with Gasteiger partial charge in [-0.15, -0.1) is 0 Å². The van der Waals surface area contributed by atoms with Crippen molar-refractivity contribution in [3.8, 4) is 6.07 Å². The maximum absolute atomic E-state index is 11.2. The van der Waals surface area contributed by atoms with Crippen LogP contribution in [-0.4, -0.2) is 25.7 Å². The molecule has 0 bridgehead atoms. The Bertz CT molecular complexity index is 199. The molecule has 0 spiro atoms. The van der Waals surface area contributed by atoms with Crippen molar-refractivity contribution in [3.05, 3.63) is 0 Å². The van der Waals surface area contributed by atoms with Gasteiger partial charge in [-0.05, 0) is 19.8 Å². The van der Waals surface area contributed by atoms with E-state index < -0.39 is 0 Å². The van der Waals surface area contributed by atoms with Gasteiger partial charge in [-0.25, -0.2) is 0 Å². The lowest BCUT2D eigenvalue weighted by atomic mass is 10.2. The Morgan fingerprint density at radius 2 is 2.36 bits per heavy atom. The van der Waals surface area contributed by atoms with E-state index in [1.54, 1.807) is 7.11 Å². The van der Waals surface area contributed by atoms with E-state index in [1.807, 2.05) is 13.0 Å². The minimum absolute atomic E-state index is 0.0341. The maximum atomic E-state index is 11.2. The minimum Gasteiger partial charge on any atom is -0.382 e. The second kappa shape index (κ2) is 8.52. The summed E-state index contributed by atoms with van der Waals surface area (Å²) in [6.45, 7) is 2.52. The third-order valence-electron chi connectivity index (χ3n) is 1.97. The van der Waals surface area contributed by atoms with E-state index in [0.717, 1.165) is 12.8 Å². The van der Waals surface area contributed by atoms with Crippen LogP contribution >= 0.6 is 0 Å². The molecular weight excluding hydrogens is 180 g/mol. The van der Waals surface area contributed by atoms with E-state index in [9.17, 15) is 4.79 Å². The first-order chi connectivity index (χ1) is 6.70. The van der Waals surface area contributed by atoms with E-state index in [0.29, 0.717) is 19.4 Å². The molecule has 4 heteroatoms. The van der Waals surface area contributed by atoms with Gasteiger partial charge in [0.15, 0.2) is 0 Å². The SMILES string of the molecule is COC(C)CCC(=O)NCCCC#N. The van der Waals surface area contributed by atoms with Gasteiger partial charge >= 0.3 is 0 Å². The smallest absolute Gasteiger partial charge is 0.220 e. The zero-order valence-corrected chi connectivity index (χ0v) is 8.88. The molecule has 1 N–H and O–H groups in total. The van der Waals surface area contributed by atoms with Crippen LogP contribution in [0.5, 0.6) is 0 Å². The van der Waals surface area contributed by atoms with Gasteiger partial charge < -0.3 is 10.1 Å². The van der Waals surface area contributed by atoms with Gasteiger partial charge in [-0.2, -0.15) is 5.26 Å². The molecule has 14 heavy (non-hydrogen) atoms. The normalized spacial score (nSPS) is 11.8. The molecule has 0 aliphatic heterocycles. The molecule has 0 saturated heterocycles. The van der Waals surface area contributed by atoms with Crippen molar-refractivity contribution in [3.63, 3.8) is 0 Å². The predicted octanol–water partition coefficient (Wildman–Crippen LogP) is 1.22. The van der Waals surface area contributed by atoms with Gasteiger partial charge in [-0.3, -0.25) is 4.79 Å². The number of carbonyl (C=O) groups excluding carboxylic acids is 1. The first-order valence-electron chi connectivity index (χ1n) is 4.87. The monoisotopic (exact) mass is 198 g/mol. The van der Waals surface area contributed by atoms with Crippen molar-refractivity contribution in [1.82, 2.24) is 5.32 Å². The summed E-state index contributed by atoms with van der Waals surface area (Å²) < 4.78 is 5.02. The van der Waals surface area contributed by atoms with E-state index in [-0.39, 0.29) is 12.0 Å². The quantitative estimate of drug-likeness (QED) is 0.626. The third-order valence-corrected chi connectivity index (χ3v) is 1.97. The molecule has 0 aromatic carbocycles. The van der Waals surface area contributed by atoms with E-state index in [2.05, 4.69) is 5.32 Å². The molecule has 0 rings (SSSR count). The summed E-state index contributed by atoms with van der Waals surface area (Å²) in [5.74, 6) is 0.0341. The van der Waals surface area contributed by atoms with E-state index >= 15 is 0 Å². The molecule has 1 amide bonds. The number of amides is 1. The summed E-state index contributed by atoms with van der Waals surface area (Å²) in [5.41, 5.74) is 0. The molecule has 0 aromatic heterocycles. The fraction of sp³-hybridized carbons (Fsp3) is 0.800. The van der Waals surface area contributed by atoms with Gasteiger partial charge in [0.1, 0.15) is 0 Å². The van der Waals surface area contributed by atoms with Crippen LogP contribution in [0.2, 0.25) is 0 Å². The number of nitriles is 1. The van der Waals surface area contributed by atoms with Crippen LogP contribution < -0.4 is 5.32 Å². The lowest BCUT2D eigenvalue weighted by Crippen LogP contribution is -2.25. The Labute approximate surface area is 85.2 Å². The molecule has 0 heterocycles. The van der Waals surface area contributed by atoms with E-state index in [1.165, 1.54) is 0 Å². The molecule has 0 saturated carbocycles. The lowest BCUT2D eigenvalue weighted by molar-refractivity contribution is -0.121. The highest BCUT2D eigenvalue weighted by Gasteiger charge is 2.04. The fourth-order valence-corrected chi connectivity index (χ4v) is 0.936. The Morgan fingerprint density at radius 1 is 1.64 bits per heavy atom. The van der Waals surface area contributed by atoms with Gasteiger partial charge in [0, 0.05) is 26.5 Å². The number of carbonyl (C=O) groups is 1. The van der Waals surface area contributed by atoms with Crippen LogP contribution in [0.4, 0.5) is 0 Å². The number of nitrogens with one attached hydrogen (secondary N) is 1. The molecule has 1 unspecified atom stereocenters. The standard InChI is InChI=1S/C10H18N2O2/c1-9(14-2)5-6-10(13)12-8-4-3-7-11/h9H,3-6,8H2,1-2H3,(H,12,13). The molecule has 0 aliphatic carbocycles. The highest BCUT2D eigenvalue weighted by atomic mass is 16.5. The Hall–Kier alpha value is -1.08. The van der Waals surface area contributed by atoms with Crippen molar-refractivity contribution >= 4 is 5.91 Å². The van der Waals surface area contributed by atoms with Crippen LogP contribution in [0.25, 0.3) is 0 Å². The van der Waals surface area contributed by atoms with Gasteiger partial charge in [0.2, 0.25) is 5.91 Å². The Kier molecular flexibility index (Phi) is 7.86. The van der Waals surface area contributed by atoms with Crippen molar-refractivity contribution in [2.75, 3.05) is 13.7 Å². The molecular formula is C10H18N2O2. The first kappa shape index (κ1) is 12.9. The number of hydrogen-bond donors (Lipinski definition) is 1. The van der Waals surface area contributed by atoms with Gasteiger partial charge in [0.25, 0.3) is 0 Å².